The van der Waals surface area contributed by atoms with Gasteiger partial charge in [-0.2, -0.15) is 0 Å². The molecule has 1 rings (SSSR count). The minimum atomic E-state index is -0.234. The molecule has 0 aliphatic carbocycles. The first kappa shape index (κ1) is 16.7. The number of thiocarbonyl (C=S) groups is 1. The van der Waals surface area contributed by atoms with E-state index in [4.69, 9.17) is 32.5 Å². The van der Waals surface area contributed by atoms with E-state index in [0.717, 1.165) is 12.1 Å². The maximum atomic E-state index is 9.16. The first-order valence-electron chi connectivity index (χ1n) is 6.45. The largest absolute Gasteiger partial charge is 0.493 e. The van der Waals surface area contributed by atoms with Gasteiger partial charge < -0.3 is 20.3 Å². The van der Waals surface area contributed by atoms with Crippen molar-refractivity contribution in [3.8, 4) is 11.5 Å². The number of likely N-dealkylation sites (N-methyl/N-ethyl adjacent to an activating group) is 1. The van der Waals surface area contributed by atoms with E-state index in [1.807, 2.05) is 30.0 Å². The Bertz CT molecular complexity index is 454. The monoisotopic (exact) mass is 298 g/mol. The number of benzene rings is 1. The molecule has 0 amide bonds. The molecule has 0 aliphatic rings. The van der Waals surface area contributed by atoms with Crippen molar-refractivity contribution < 1.29 is 14.6 Å². The van der Waals surface area contributed by atoms with Gasteiger partial charge in [-0.15, -0.1) is 0 Å². The van der Waals surface area contributed by atoms with E-state index in [9.17, 15) is 0 Å². The lowest BCUT2D eigenvalue weighted by Gasteiger charge is -2.30. The van der Waals surface area contributed by atoms with Crippen molar-refractivity contribution >= 4 is 17.2 Å². The molecule has 0 spiro atoms. The predicted octanol–water partition coefficient (Wildman–Crippen LogP) is 1.35. The molecule has 1 atom stereocenters. The zero-order chi connectivity index (χ0) is 15.1. The van der Waals surface area contributed by atoms with Crippen LogP contribution in [0.2, 0.25) is 0 Å². The quantitative estimate of drug-likeness (QED) is 0.706. The van der Waals surface area contributed by atoms with E-state index in [1.165, 1.54) is 0 Å². The molecule has 0 heterocycles. The average molecular weight is 298 g/mol. The Balaban J connectivity index is 3.17. The molecule has 20 heavy (non-hydrogen) atoms. The predicted molar refractivity (Wildman–Crippen MR) is 83.4 cm³/mol. The Labute approximate surface area is 125 Å². The molecule has 1 aromatic rings. The maximum absolute atomic E-state index is 9.16. The Morgan fingerprint density at radius 2 is 2.00 bits per heavy atom. The molecule has 0 fully saturated rings. The van der Waals surface area contributed by atoms with Gasteiger partial charge in [0.05, 0.1) is 31.9 Å². The van der Waals surface area contributed by atoms with Gasteiger partial charge in [0, 0.05) is 6.54 Å². The fraction of sp³-hybridized carbons (Fsp3) is 0.500. The first-order chi connectivity index (χ1) is 9.58. The molecule has 0 saturated carbocycles. The zero-order valence-electron chi connectivity index (χ0n) is 12.1. The summed E-state index contributed by atoms with van der Waals surface area (Å²) >= 11 is 5.18. The molecule has 1 unspecified atom stereocenters. The smallest absolute Gasteiger partial charge is 0.161 e. The summed E-state index contributed by atoms with van der Waals surface area (Å²) < 4.78 is 10.5. The number of hydrogen-bond acceptors (Lipinski definition) is 5. The zero-order valence-corrected chi connectivity index (χ0v) is 12.9. The summed E-state index contributed by atoms with van der Waals surface area (Å²) in [7, 11) is 3.18. The third-order valence-corrected chi connectivity index (χ3v) is 3.37. The lowest BCUT2D eigenvalue weighted by atomic mass is 10.0. The molecule has 0 radical (unpaired) electrons. The number of hydrogen-bond donors (Lipinski definition) is 2. The van der Waals surface area contributed by atoms with Crippen LogP contribution >= 0.6 is 12.2 Å². The normalized spacial score (nSPS) is 12.2. The molecular formula is C14H22N2O3S. The summed E-state index contributed by atoms with van der Waals surface area (Å²) in [4.78, 5) is 2.39. The first-order valence-corrected chi connectivity index (χ1v) is 6.86. The Kier molecular flexibility index (Phi) is 6.70. The number of ether oxygens (including phenoxy) is 2. The van der Waals surface area contributed by atoms with Crippen molar-refractivity contribution in [1.29, 1.82) is 0 Å². The molecule has 0 aliphatic heterocycles. The summed E-state index contributed by atoms with van der Waals surface area (Å²) in [5.41, 5.74) is 6.80. The highest BCUT2D eigenvalue weighted by Crippen LogP contribution is 2.32. The van der Waals surface area contributed by atoms with Crippen LogP contribution in [0.4, 0.5) is 0 Å². The van der Waals surface area contributed by atoms with Crippen LogP contribution in [0.3, 0.4) is 0 Å². The molecule has 1 aromatic carbocycles. The number of nitrogens with two attached hydrogens (primary N) is 1. The van der Waals surface area contributed by atoms with Gasteiger partial charge in [-0.25, -0.2) is 0 Å². The van der Waals surface area contributed by atoms with E-state index in [0.29, 0.717) is 23.0 Å². The minimum absolute atomic E-state index is 0.0558. The van der Waals surface area contributed by atoms with Gasteiger partial charge in [0.1, 0.15) is 0 Å². The van der Waals surface area contributed by atoms with Crippen LogP contribution < -0.4 is 15.2 Å². The molecule has 6 heteroatoms. The van der Waals surface area contributed by atoms with E-state index >= 15 is 0 Å². The number of nitrogens with zero attached hydrogens (tertiary/aromatic N) is 1. The van der Waals surface area contributed by atoms with Crippen LogP contribution in [-0.4, -0.2) is 48.9 Å². The van der Waals surface area contributed by atoms with Gasteiger partial charge in [-0.05, 0) is 24.2 Å². The second kappa shape index (κ2) is 8.04. The summed E-state index contributed by atoms with van der Waals surface area (Å²) in [6.45, 7) is 3.30. The maximum Gasteiger partial charge on any atom is 0.161 e. The summed E-state index contributed by atoms with van der Waals surface area (Å²) in [6, 6.07) is 5.36. The SMILES string of the molecule is CCN(CCO)C(C(N)=S)c1ccc(OC)c(OC)c1. The topological polar surface area (TPSA) is 68.0 Å². The van der Waals surface area contributed by atoms with Crippen LogP contribution in [0.15, 0.2) is 18.2 Å². The summed E-state index contributed by atoms with van der Waals surface area (Å²) in [5, 5.41) is 9.16. The van der Waals surface area contributed by atoms with Crippen molar-refractivity contribution in [1.82, 2.24) is 4.90 Å². The molecule has 112 valence electrons. The molecule has 0 saturated heterocycles. The van der Waals surface area contributed by atoms with E-state index in [-0.39, 0.29) is 12.6 Å². The molecule has 0 bridgehead atoms. The summed E-state index contributed by atoms with van der Waals surface area (Å²) in [5.74, 6) is 1.29. The van der Waals surface area contributed by atoms with Gasteiger partial charge >= 0.3 is 0 Å². The highest BCUT2D eigenvalue weighted by molar-refractivity contribution is 7.80. The lowest BCUT2D eigenvalue weighted by molar-refractivity contribution is 0.185. The average Bonchev–Trinajstić information content (AvgIpc) is 2.46. The lowest BCUT2D eigenvalue weighted by Crippen LogP contribution is -2.38. The van der Waals surface area contributed by atoms with Crippen molar-refractivity contribution in [2.45, 2.75) is 13.0 Å². The third-order valence-electron chi connectivity index (χ3n) is 3.15. The van der Waals surface area contributed by atoms with E-state index in [1.54, 1.807) is 14.2 Å². The van der Waals surface area contributed by atoms with Crippen LogP contribution in [0.5, 0.6) is 11.5 Å². The van der Waals surface area contributed by atoms with Gasteiger partial charge in [0.2, 0.25) is 0 Å². The van der Waals surface area contributed by atoms with Gasteiger partial charge in [0.25, 0.3) is 0 Å². The highest BCUT2D eigenvalue weighted by Gasteiger charge is 2.22. The van der Waals surface area contributed by atoms with E-state index < -0.39 is 0 Å². The minimum Gasteiger partial charge on any atom is -0.493 e. The Morgan fingerprint density at radius 3 is 2.45 bits per heavy atom. The number of rotatable bonds is 8. The van der Waals surface area contributed by atoms with Crippen molar-refractivity contribution in [2.24, 2.45) is 5.73 Å². The van der Waals surface area contributed by atoms with Crippen LogP contribution in [-0.2, 0) is 0 Å². The fourth-order valence-electron chi connectivity index (χ4n) is 2.18. The van der Waals surface area contributed by atoms with Crippen LogP contribution in [0.1, 0.15) is 18.5 Å². The van der Waals surface area contributed by atoms with Gasteiger partial charge in [-0.3, -0.25) is 4.90 Å². The van der Waals surface area contributed by atoms with Crippen LogP contribution in [0, 0.1) is 0 Å². The number of aliphatic hydroxyl groups is 1. The van der Waals surface area contributed by atoms with Crippen molar-refractivity contribution in [3.63, 3.8) is 0 Å². The Morgan fingerprint density at radius 1 is 1.35 bits per heavy atom. The molecule has 5 nitrogen and oxygen atoms in total. The second-order valence-corrected chi connectivity index (χ2v) is 4.74. The van der Waals surface area contributed by atoms with E-state index in [2.05, 4.69) is 0 Å². The number of methoxy groups -OCH3 is 2. The van der Waals surface area contributed by atoms with Crippen LogP contribution in [0.25, 0.3) is 0 Å². The highest BCUT2D eigenvalue weighted by atomic mass is 32.1. The van der Waals surface area contributed by atoms with Crippen molar-refractivity contribution in [3.05, 3.63) is 23.8 Å². The molecule has 0 aromatic heterocycles. The summed E-state index contributed by atoms with van der Waals surface area (Å²) in [6.07, 6.45) is 0. The van der Waals surface area contributed by atoms with Gasteiger partial charge in [-0.1, -0.05) is 25.2 Å². The molecular weight excluding hydrogens is 276 g/mol. The van der Waals surface area contributed by atoms with Crippen molar-refractivity contribution in [2.75, 3.05) is 33.9 Å². The Hall–Kier alpha value is -1.37. The number of aliphatic hydroxyl groups excluding tert-OH is 1. The molecule has 3 N–H and O–H groups in total. The van der Waals surface area contributed by atoms with Gasteiger partial charge in [0.15, 0.2) is 11.5 Å². The second-order valence-electron chi connectivity index (χ2n) is 4.27. The third kappa shape index (κ3) is 3.82. The fourth-order valence-corrected chi connectivity index (χ4v) is 2.46. The standard InChI is InChI=1S/C14H22N2O3S/c1-4-16(7-8-17)13(14(15)20)10-5-6-11(18-2)12(9-10)19-3/h5-6,9,13,17H,4,7-8H2,1-3H3,(H2,15,20).